The lowest BCUT2D eigenvalue weighted by Gasteiger charge is -2.14. The van der Waals surface area contributed by atoms with Crippen LogP contribution in [0.25, 0.3) is 0 Å². The number of pyridine rings is 1. The molecule has 0 fully saturated rings. The molecule has 2 heterocycles. The Bertz CT molecular complexity index is 440. The first kappa shape index (κ1) is 11.0. The smallest absolute Gasteiger partial charge is 0.180 e. The van der Waals surface area contributed by atoms with Gasteiger partial charge in [-0.15, -0.1) is 11.3 Å². The van der Waals surface area contributed by atoms with E-state index >= 15 is 0 Å². The number of nitrogens with zero attached hydrogens (tertiary/aromatic N) is 3. The molecule has 0 amide bonds. The molecule has 2 aromatic rings. The lowest BCUT2D eigenvalue weighted by Crippen LogP contribution is -2.17. The summed E-state index contributed by atoms with van der Waals surface area (Å²) in [4.78, 5) is 10.4. The Morgan fingerprint density at radius 1 is 1.31 bits per heavy atom. The van der Waals surface area contributed by atoms with Crippen LogP contribution in [0.5, 0.6) is 0 Å². The topological polar surface area (TPSA) is 55.0 Å². The third kappa shape index (κ3) is 3.01. The fourth-order valence-electron chi connectivity index (χ4n) is 1.53. The molecule has 0 spiro atoms. The molecular formula is C11H14N4S. The molecule has 0 aliphatic rings. The van der Waals surface area contributed by atoms with Gasteiger partial charge in [0.15, 0.2) is 5.13 Å². The fourth-order valence-corrected chi connectivity index (χ4v) is 2.08. The van der Waals surface area contributed by atoms with Gasteiger partial charge >= 0.3 is 0 Å². The highest BCUT2D eigenvalue weighted by Gasteiger charge is 2.04. The van der Waals surface area contributed by atoms with E-state index in [1.165, 1.54) is 16.9 Å². The van der Waals surface area contributed by atoms with Gasteiger partial charge < -0.3 is 5.73 Å². The van der Waals surface area contributed by atoms with Crippen molar-refractivity contribution in [3.8, 4) is 0 Å². The average Bonchev–Trinajstić information content (AvgIpc) is 2.65. The number of aromatic nitrogens is 2. The maximum atomic E-state index is 5.59. The highest BCUT2D eigenvalue weighted by atomic mass is 32.1. The van der Waals surface area contributed by atoms with Gasteiger partial charge in [-0.3, -0.25) is 9.88 Å². The summed E-state index contributed by atoms with van der Waals surface area (Å²) < 4.78 is 0. The lowest BCUT2D eigenvalue weighted by atomic mass is 10.2. The van der Waals surface area contributed by atoms with Crippen LogP contribution < -0.4 is 5.73 Å². The van der Waals surface area contributed by atoms with E-state index in [9.17, 15) is 0 Å². The van der Waals surface area contributed by atoms with Gasteiger partial charge in [0.1, 0.15) is 0 Å². The molecule has 0 aliphatic carbocycles. The number of hydrogen-bond donors (Lipinski definition) is 1. The Balaban J connectivity index is 1.92. The van der Waals surface area contributed by atoms with Crippen LogP contribution in [0, 0.1) is 0 Å². The summed E-state index contributed by atoms with van der Waals surface area (Å²) in [5.74, 6) is 0. The third-order valence-electron chi connectivity index (χ3n) is 2.20. The molecule has 0 saturated carbocycles. The SMILES string of the molecule is CN(Cc1ccncc1)Cc1csc(N)n1. The molecular weight excluding hydrogens is 220 g/mol. The minimum atomic E-state index is 0.632. The van der Waals surface area contributed by atoms with E-state index in [4.69, 9.17) is 5.73 Å². The minimum absolute atomic E-state index is 0.632. The zero-order chi connectivity index (χ0) is 11.4. The molecule has 5 heteroatoms. The van der Waals surface area contributed by atoms with E-state index in [1.54, 1.807) is 0 Å². The number of nitrogen functional groups attached to an aromatic ring is 1. The van der Waals surface area contributed by atoms with E-state index in [0.29, 0.717) is 5.13 Å². The van der Waals surface area contributed by atoms with Gasteiger partial charge in [-0.25, -0.2) is 4.98 Å². The fraction of sp³-hybridized carbons (Fsp3) is 0.273. The van der Waals surface area contributed by atoms with E-state index in [2.05, 4.69) is 21.9 Å². The van der Waals surface area contributed by atoms with Crippen LogP contribution in [0.3, 0.4) is 0 Å². The predicted octanol–water partition coefficient (Wildman–Crippen LogP) is 1.75. The van der Waals surface area contributed by atoms with Crippen LogP contribution in [0.4, 0.5) is 5.13 Å². The zero-order valence-electron chi connectivity index (χ0n) is 9.13. The second-order valence-corrected chi connectivity index (χ2v) is 4.59. The van der Waals surface area contributed by atoms with Crippen LogP contribution in [0.15, 0.2) is 29.9 Å². The first-order valence-electron chi connectivity index (χ1n) is 5.01. The van der Waals surface area contributed by atoms with Crippen molar-refractivity contribution < 1.29 is 0 Å². The quantitative estimate of drug-likeness (QED) is 0.875. The summed E-state index contributed by atoms with van der Waals surface area (Å²) in [5.41, 5.74) is 7.87. The highest BCUT2D eigenvalue weighted by Crippen LogP contribution is 2.13. The standard InChI is InChI=1S/C11H14N4S/c1-15(6-9-2-4-13-5-3-9)7-10-8-16-11(12)14-10/h2-5,8H,6-7H2,1H3,(H2,12,14). The van der Waals surface area contributed by atoms with E-state index in [0.717, 1.165) is 18.8 Å². The number of thiazole rings is 1. The Hall–Kier alpha value is -1.46. The minimum Gasteiger partial charge on any atom is -0.375 e. The summed E-state index contributed by atoms with van der Waals surface area (Å²) in [5, 5.41) is 2.63. The Morgan fingerprint density at radius 3 is 2.69 bits per heavy atom. The van der Waals surface area contributed by atoms with Gasteiger partial charge in [-0.2, -0.15) is 0 Å². The Labute approximate surface area is 98.8 Å². The first-order valence-corrected chi connectivity index (χ1v) is 5.89. The summed E-state index contributed by atoms with van der Waals surface area (Å²) in [6, 6.07) is 4.04. The van der Waals surface area contributed by atoms with Crippen LogP contribution in [0.1, 0.15) is 11.3 Å². The molecule has 0 radical (unpaired) electrons. The van der Waals surface area contributed by atoms with Crippen molar-refractivity contribution in [1.82, 2.24) is 14.9 Å². The summed E-state index contributed by atoms with van der Waals surface area (Å²) in [7, 11) is 2.07. The van der Waals surface area contributed by atoms with Crippen molar-refractivity contribution in [1.29, 1.82) is 0 Å². The molecule has 0 aliphatic heterocycles. The van der Waals surface area contributed by atoms with Crippen LogP contribution >= 0.6 is 11.3 Å². The molecule has 0 bridgehead atoms. The van der Waals surface area contributed by atoms with Crippen LogP contribution in [-0.2, 0) is 13.1 Å². The molecule has 0 saturated heterocycles. The second-order valence-electron chi connectivity index (χ2n) is 3.70. The molecule has 2 N–H and O–H groups in total. The van der Waals surface area contributed by atoms with Gasteiger partial charge in [0.05, 0.1) is 5.69 Å². The molecule has 2 rings (SSSR count). The maximum absolute atomic E-state index is 5.59. The maximum Gasteiger partial charge on any atom is 0.180 e. The number of hydrogen-bond acceptors (Lipinski definition) is 5. The summed E-state index contributed by atoms with van der Waals surface area (Å²) in [6.45, 7) is 1.70. The monoisotopic (exact) mass is 234 g/mol. The zero-order valence-corrected chi connectivity index (χ0v) is 9.94. The molecule has 0 atom stereocenters. The molecule has 16 heavy (non-hydrogen) atoms. The molecule has 84 valence electrons. The average molecular weight is 234 g/mol. The summed E-state index contributed by atoms with van der Waals surface area (Å²) in [6.07, 6.45) is 3.62. The third-order valence-corrected chi connectivity index (χ3v) is 2.93. The van der Waals surface area contributed by atoms with E-state index in [-0.39, 0.29) is 0 Å². The Kier molecular flexibility index (Phi) is 3.48. The highest BCUT2D eigenvalue weighted by molar-refractivity contribution is 7.13. The largest absolute Gasteiger partial charge is 0.375 e. The number of anilines is 1. The number of nitrogens with two attached hydrogens (primary N) is 1. The predicted molar refractivity (Wildman–Crippen MR) is 65.9 cm³/mol. The number of rotatable bonds is 4. The molecule has 0 aromatic carbocycles. The van der Waals surface area contributed by atoms with Crippen molar-refractivity contribution in [2.45, 2.75) is 13.1 Å². The first-order chi connectivity index (χ1) is 7.74. The van der Waals surface area contributed by atoms with Gasteiger partial charge in [-0.1, -0.05) is 0 Å². The van der Waals surface area contributed by atoms with Crippen molar-refractivity contribution in [2.75, 3.05) is 12.8 Å². The van der Waals surface area contributed by atoms with Crippen LogP contribution in [0.2, 0.25) is 0 Å². The van der Waals surface area contributed by atoms with Crippen molar-refractivity contribution >= 4 is 16.5 Å². The van der Waals surface area contributed by atoms with Crippen molar-refractivity contribution in [3.63, 3.8) is 0 Å². The van der Waals surface area contributed by atoms with E-state index in [1.807, 2.05) is 29.9 Å². The summed E-state index contributed by atoms with van der Waals surface area (Å²) >= 11 is 1.48. The van der Waals surface area contributed by atoms with Gasteiger partial charge in [0.2, 0.25) is 0 Å². The van der Waals surface area contributed by atoms with Gasteiger partial charge in [0.25, 0.3) is 0 Å². The van der Waals surface area contributed by atoms with E-state index < -0.39 is 0 Å². The second kappa shape index (κ2) is 5.05. The van der Waals surface area contributed by atoms with Crippen LogP contribution in [-0.4, -0.2) is 21.9 Å². The molecule has 4 nitrogen and oxygen atoms in total. The van der Waals surface area contributed by atoms with Crippen molar-refractivity contribution in [3.05, 3.63) is 41.2 Å². The normalized spacial score (nSPS) is 10.9. The Morgan fingerprint density at radius 2 is 2.06 bits per heavy atom. The molecule has 0 unspecified atom stereocenters. The lowest BCUT2D eigenvalue weighted by molar-refractivity contribution is 0.316. The molecule has 2 aromatic heterocycles. The van der Waals surface area contributed by atoms with Gasteiger partial charge in [-0.05, 0) is 24.7 Å². The van der Waals surface area contributed by atoms with Crippen molar-refractivity contribution in [2.24, 2.45) is 0 Å². The van der Waals surface area contributed by atoms with Gasteiger partial charge in [0, 0.05) is 30.9 Å².